The molecule has 4 amide bonds. The number of imide groups is 2. The van der Waals surface area contributed by atoms with Crippen LogP contribution in [-0.4, -0.2) is 46.9 Å². The maximum absolute atomic E-state index is 14.7. The van der Waals surface area contributed by atoms with E-state index in [0.717, 1.165) is 10.5 Å². The first kappa shape index (κ1) is 36.7. The van der Waals surface area contributed by atoms with Crippen LogP contribution >= 0.6 is 0 Å². The molecular formula is C48H38N2O8. The summed E-state index contributed by atoms with van der Waals surface area (Å²) in [5.74, 6) is -6.70. The van der Waals surface area contributed by atoms with Gasteiger partial charge >= 0.3 is 0 Å². The zero-order valence-electron chi connectivity index (χ0n) is 31.5. The van der Waals surface area contributed by atoms with Crippen LogP contribution in [0.2, 0.25) is 0 Å². The van der Waals surface area contributed by atoms with Crippen molar-refractivity contribution in [1.82, 2.24) is 0 Å². The Morgan fingerprint density at radius 3 is 1.62 bits per heavy atom. The van der Waals surface area contributed by atoms with Gasteiger partial charge in [0.05, 0.1) is 41.7 Å². The van der Waals surface area contributed by atoms with E-state index < -0.39 is 53.2 Å². The van der Waals surface area contributed by atoms with Crippen molar-refractivity contribution >= 4 is 46.6 Å². The third-order valence-corrected chi connectivity index (χ3v) is 12.2. The second-order valence-electron chi connectivity index (χ2n) is 15.2. The van der Waals surface area contributed by atoms with Gasteiger partial charge in [0, 0.05) is 33.7 Å². The van der Waals surface area contributed by atoms with E-state index in [4.69, 9.17) is 4.74 Å². The van der Waals surface area contributed by atoms with Crippen LogP contribution in [0.1, 0.15) is 63.1 Å². The minimum atomic E-state index is -0.919. The number of phenols is 1. The zero-order valence-corrected chi connectivity index (χ0v) is 31.5. The van der Waals surface area contributed by atoms with Crippen LogP contribution in [0.25, 0.3) is 0 Å². The third-order valence-electron chi connectivity index (χ3n) is 12.2. The molecule has 6 unspecified atom stereocenters. The second-order valence-corrected chi connectivity index (χ2v) is 15.2. The Kier molecular flexibility index (Phi) is 9.19. The molecule has 2 aliphatic carbocycles. The molecule has 0 aromatic heterocycles. The lowest BCUT2D eigenvalue weighted by Crippen LogP contribution is -2.43. The number of para-hydroxylation sites is 1. The topological polar surface area (TPSA) is 138 Å². The summed E-state index contributed by atoms with van der Waals surface area (Å²) in [5.41, 5.74) is 3.61. The molecule has 10 heteroatoms. The number of allylic oxidation sites excluding steroid dienone is 2. The summed E-state index contributed by atoms with van der Waals surface area (Å²) in [6.45, 7) is 2.08. The number of amides is 4. The molecule has 2 saturated heterocycles. The van der Waals surface area contributed by atoms with E-state index in [2.05, 4.69) is 0 Å². The summed E-state index contributed by atoms with van der Waals surface area (Å²) in [4.78, 5) is 86.5. The van der Waals surface area contributed by atoms with Crippen molar-refractivity contribution < 1.29 is 38.6 Å². The predicted molar refractivity (Wildman–Crippen MR) is 214 cm³/mol. The first-order valence-electron chi connectivity index (χ1n) is 19.5. The molecule has 5 aromatic carbocycles. The average molecular weight is 771 g/mol. The number of hydrogen-bond donors (Lipinski definition) is 1. The number of fused-ring (bicyclic) bond motifs is 4. The lowest BCUT2D eigenvalue weighted by molar-refractivity contribution is -0.126. The number of benzene rings is 5. The molecule has 2 heterocycles. The number of nitrogens with zero attached hydrogens (tertiary/aromatic N) is 2. The molecule has 4 aliphatic rings. The van der Waals surface area contributed by atoms with Crippen LogP contribution in [0.5, 0.6) is 11.5 Å². The predicted octanol–water partition coefficient (Wildman–Crippen LogP) is 7.30. The lowest BCUT2D eigenvalue weighted by atomic mass is 9.57. The third kappa shape index (κ3) is 5.86. The van der Waals surface area contributed by atoms with E-state index >= 15 is 0 Å². The maximum Gasteiger partial charge on any atom is 0.238 e. The Labute approximate surface area is 334 Å². The molecular weight excluding hydrogens is 733 g/mol. The van der Waals surface area contributed by atoms with Crippen molar-refractivity contribution in [3.05, 3.63) is 167 Å². The number of hydrogen-bond acceptors (Lipinski definition) is 8. The summed E-state index contributed by atoms with van der Waals surface area (Å²) >= 11 is 0. The van der Waals surface area contributed by atoms with Crippen molar-refractivity contribution in [3.63, 3.8) is 0 Å². The number of carbonyl (C=O) groups is 6. The summed E-state index contributed by atoms with van der Waals surface area (Å²) in [6, 6.07) is 35.5. The first-order valence-corrected chi connectivity index (χ1v) is 19.5. The van der Waals surface area contributed by atoms with Crippen LogP contribution in [0.3, 0.4) is 0 Å². The van der Waals surface area contributed by atoms with Crippen molar-refractivity contribution in [2.24, 2.45) is 29.6 Å². The first-order chi connectivity index (χ1) is 28.2. The van der Waals surface area contributed by atoms with Crippen molar-refractivity contribution in [2.75, 3.05) is 16.4 Å². The molecule has 288 valence electrons. The van der Waals surface area contributed by atoms with Gasteiger partial charge < -0.3 is 9.84 Å². The van der Waals surface area contributed by atoms with Gasteiger partial charge in [-0.05, 0) is 80.3 Å². The number of ether oxygens (including phenoxy) is 1. The van der Waals surface area contributed by atoms with Crippen LogP contribution in [0.4, 0.5) is 11.4 Å². The monoisotopic (exact) mass is 770 g/mol. The highest BCUT2D eigenvalue weighted by Gasteiger charge is 2.62. The molecule has 0 bridgehead atoms. The Morgan fingerprint density at radius 2 is 1.09 bits per heavy atom. The van der Waals surface area contributed by atoms with Gasteiger partial charge in [0.2, 0.25) is 23.6 Å². The fourth-order valence-corrected chi connectivity index (χ4v) is 9.54. The van der Waals surface area contributed by atoms with Crippen molar-refractivity contribution in [3.8, 4) is 11.5 Å². The largest absolute Gasteiger partial charge is 0.504 e. The number of phenolic OH excluding ortho intramolecular Hbond substituents is 1. The highest BCUT2D eigenvalue weighted by Crippen LogP contribution is 2.60. The summed E-state index contributed by atoms with van der Waals surface area (Å²) in [5, 5.41) is 11.7. The van der Waals surface area contributed by atoms with Gasteiger partial charge in [-0.25, -0.2) is 0 Å². The highest BCUT2D eigenvalue weighted by atomic mass is 16.5. The van der Waals surface area contributed by atoms with E-state index in [1.165, 1.54) is 4.90 Å². The highest BCUT2D eigenvalue weighted by molar-refractivity contribution is 6.24. The summed E-state index contributed by atoms with van der Waals surface area (Å²) in [7, 11) is 0. The molecule has 0 radical (unpaired) electrons. The van der Waals surface area contributed by atoms with Gasteiger partial charge in [-0.3, -0.25) is 38.6 Å². The van der Waals surface area contributed by atoms with E-state index in [1.54, 1.807) is 122 Å². The zero-order chi connectivity index (χ0) is 40.2. The fraction of sp³-hybridized carbons (Fsp3) is 0.208. The molecule has 2 aliphatic heterocycles. The van der Waals surface area contributed by atoms with E-state index in [1.807, 2.05) is 18.2 Å². The average Bonchev–Trinajstić information content (AvgIpc) is 3.67. The Morgan fingerprint density at radius 1 is 0.586 bits per heavy atom. The molecule has 9 rings (SSSR count). The van der Waals surface area contributed by atoms with E-state index in [9.17, 15) is 33.9 Å². The molecule has 1 N–H and O–H groups in total. The standard InChI is InChI=1S/C48H38N2O8/c1-2-58-38-15-9-14-34(44(38)53)39-33-24-25-35-40(47(56)49(45(35)54)31-20-16-29(17-21-31)42(51)27-10-5-3-6-11-27)36(33)26-37-41(39)48(57)50(46(37)55)32-22-18-30(19-23-32)43(52)28-12-7-4-8-13-28/h3-24,35-37,39-41,53H,2,25-26H2,1H3. The molecule has 5 aromatic rings. The number of aromatic hydroxyl groups is 1. The number of carbonyl (C=O) groups excluding carboxylic acids is 6. The SMILES string of the molecule is CCOc1cccc(C2C3=CCC4C(=O)N(c5ccc(C(=O)c6ccccc6)cc5)C(=O)C4C3CC3C(=O)N(c4ccc(C(=O)c5ccccc5)cc4)C(=O)C32)c1O. The molecule has 0 spiro atoms. The fourth-order valence-electron chi connectivity index (χ4n) is 9.54. The van der Waals surface area contributed by atoms with Gasteiger partial charge in [0.25, 0.3) is 0 Å². The van der Waals surface area contributed by atoms with Gasteiger partial charge in [-0.1, -0.05) is 84.4 Å². The van der Waals surface area contributed by atoms with Crippen LogP contribution in [0, 0.1) is 29.6 Å². The minimum Gasteiger partial charge on any atom is -0.504 e. The van der Waals surface area contributed by atoms with Gasteiger partial charge in [0.1, 0.15) is 0 Å². The number of rotatable bonds is 9. The Hall–Kier alpha value is -6.94. The molecule has 10 nitrogen and oxygen atoms in total. The number of ketones is 2. The van der Waals surface area contributed by atoms with Crippen LogP contribution < -0.4 is 14.5 Å². The van der Waals surface area contributed by atoms with E-state index in [0.29, 0.717) is 39.2 Å². The molecule has 58 heavy (non-hydrogen) atoms. The second kappa shape index (κ2) is 14.5. The van der Waals surface area contributed by atoms with Gasteiger partial charge in [-0.2, -0.15) is 0 Å². The summed E-state index contributed by atoms with van der Waals surface area (Å²) in [6.07, 6.45) is 2.29. The summed E-state index contributed by atoms with van der Waals surface area (Å²) < 4.78 is 5.74. The molecule has 6 atom stereocenters. The van der Waals surface area contributed by atoms with Crippen LogP contribution in [0.15, 0.2) is 139 Å². The lowest BCUT2D eigenvalue weighted by Gasteiger charge is -2.44. The van der Waals surface area contributed by atoms with Gasteiger partial charge in [-0.15, -0.1) is 0 Å². The van der Waals surface area contributed by atoms with Crippen molar-refractivity contribution in [2.45, 2.75) is 25.7 Å². The molecule has 3 fully saturated rings. The smallest absolute Gasteiger partial charge is 0.238 e. The quantitative estimate of drug-likeness (QED) is 0.0937. The van der Waals surface area contributed by atoms with Crippen molar-refractivity contribution in [1.29, 1.82) is 0 Å². The molecule has 1 saturated carbocycles. The Bertz CT molecular complexity index is 2530. The number of anilines is 2. The normalized spacial score (nSPS) is 23.6. The maximum atomic E-state index is 14.7. The Balaban J connectivity index is 1.06. The van der Waals surface area contributed by atoms with Crippen LogP contribution in [-0.2, 0) is 19.2 Å². The minimum absolute atomic E-state index is 0.142. The van der Waals surface area contributed by atoms with E-state index in [-0.39, 0.29) is 48.4 Å². The van der Waals surface area contributed by atoms with Gasteiger partial charge in [0.15, 0.2) is 23.1 Å².